The summed E-state index contributed by atoms with van der Waals surface area (Å²) < 4.78 is 0.111. The van der Waals surface area contributed by atoms with Gasteiger partial charge in [0, 0.05) is 26.6 Å². The third-order valence-corrected chi connectivity index (χ3v) is 5.35. The van der Waals surface area contributed by atoms with Gasteiger partial charge < -0.3 is 5.32 Å². The lowest BCUT2D eigenvalue weighted by atomic mass is 9.89. The van der Waals surface area contributed by atoms with E-state index in [1.165, 1.54) is 0 Å². The number of hydrogen-bond donors (Lipinski definition) is 1. The Balaban J connectivity index is 0.00000120. The SMILES string of the molecule is Cl.O=C1CC2(CCNCC2)Sc2cc(Cl)ccc21. The van der Waals surface area contributed by atoms with Gasteiger partial charge in [-0.15, -0.1) is 24.2 Å². The molecular weight excluding hydrogens is 289 g/mol. The van der Waals surface area contributed by atoms with Gasteiger partial charge in [-0.2, -0.15) is 0 Å². The van der Waals surface area contributed by atoms with Crippen LogP contribution in [0.15, 0.2) is 23.1 Å². The van der Waals surface area contributed by atoms with Crippen LogP contribution < -0.4 is 5.32 Å². The maximum absolute atomic E-state index is 12.2. The Bertz CT molecular complexity index is 472. The van der Waals surface area contributed by atoms with Gasteiger partial charge in [0.05, 0.1) is 0 Å². The number of benzene rings is 1. The van der Waals surface area contributed by atoms with Crippen molar-refractivity contribution in [2.75, 3.05) is 13.1 Å². The summed E-state index contributed by atoms with van der Waals surface area (Å²) in [4.78, 5) is 13.3. The molecule has 0 saturated carbocycles. The number of carbonyl (C=O) groups is 1. The van der Waals surface area contributed by atoms with Crippen molar-refractivity contribution in [3.8, 4) is 0 Å². The number of rotatable bonds is 0. The zero-order valence-corrected chi connectivity index (χ0v) is 12.3. The Morgan fingerprint density at radius 3 is 2.72 bits per heavy atom. The average Bonchev–Trinajstić information content (AvgIpc) is 2.29. The van der Waals surface area contributed by atoms with E-state index in [1.54, 1.807) is 6.07 Å². The van der Waals surface area contributed by atoms with E-state index in [-0.39, 0.29) is 22.9 Å². The van der Waals surface area contributed by atoms with Gasteiger partial charge in [-0.05, 0) is 44.1 Å². The summed E-state index contributed by atoms with van der Waals surface area (Å²) in [5.74, 6) is 0.275. The predicted molar refractivity (Wildman–Crippen MR) is 78.3 cm³/mol. The molecule has 0 aliphatic carbocycles. The van der Waals surface area contributed by atoms with Crippen molar-refractivity contribution in [3.05, 3.63) is 28.8 Å². The third kappa shape index (κ3) is 2.55. The summed E-state index contributed by atoms with van der Waals surface area (Å²) in [5, 5.41) is 4.07. The van der Waals surface area contributed by atoms with Crippen LogP contribution in [0.1, 0.15) is 29.6 Å². The topological polar surface area (TPSA) is 29.1 Å². The van der Waals surface area contributed by atoms with Gasteiger partial charge in [0.15, 0.2) is 5.78 Å². The fourth-order valence-electron chi connectivity index (χ4n) is 2.63. The first-order valence-electron chi connectivity index (χ1n) is 5.91. The molecule has 1 N–H and O–H groups in total. The van der Waals surface area contributed by atoms with Crippen molar-refractivity contribution in [2.45, 2.75) is 28.9 Å². The number of fused-ring (bicyclic) bond motifs is 1. The molecule has 18 heavy (non-hydrogen) atoms. The molecule has 0 radical (unpaired) electrons. The molecular formula is C13H15Cl2NOS. The van der Waals surface area contributed by atoms with Gasteiger partial charge in [0.1, 0.15) is 0 Å². The van der Waals surface area contributed by atoms with Crippen molar-refractivity contribution in [1.82, 2.24) is 5.32 Å². The van der Waals surface area contributed by atoms with Crippen LogP contribution in [0.2, 0.25) is 5.02 Å². The number of thioether (sulfide) groups is 1. The molecule has 0 atom stereocenters. The van der Waals surface area contributed by atoms with Gasteiger partial charge in [-0.3, -0.25) is 4.79 Å². The molecule has 1 saturated heterocycles. The number of piperidine rings is 1. The van der Waals surface area contributed by atoms with Crippen LogP contribution in [-0.2, 0) is 0 Å². The first kappa shape index (κ1) is 14.2. The van der Waals surface area contributed by atoms with Gasteiger partial charge >= 0.3 is 0 Å². The van der Waals surface area contributed by atoms with Crippen LogP contribution >= 0.6 is 35.8 Å². The summed E-state index contributed by atoms with van der Waals surface area (Å²) in [6.45, 7) is 2.02. The van der Waals surface area contributed by atoms with Crippen molar-refractivity contribution >= 4 is 41.6 Å². The number of halogens is 2. The molecule has 0 aromatic heterocycles. The Kier molecular flexibility index (Phi) is 4.27. The fraction of sp³-hybridized carbons (Fsp3) is 0.462. The van der Waals surface area contributed by atoms with Gasteiger partial charge in [-0.1, -0.05) is 11.6 Å². The Labute approximate surface area is 122 Å². The first-order valence-corrected chi connectivity index (χ1v) is 7.11. The Morgan fingerprint density at radius 2 is 2.00 bits per heavy atom. The lowest BCUT2D eigenvalue weighted by Crippen LogP contribution is -2.42. The zero-order chi connectivity index (χ0) is 11.9. The summed E-state index contributed by atoms with van der Waals surface area (Å²) in [5.41, 5.74) is 0.851. The monoisotopic (exact) mass is 303 g/mol. The quantitative estimate of drug-likeness (QED) is 0.794. The highest BCUT2D eigenvalue weighted by Crippen LogP contribution is 2.48. The minimum Gasteiger partial charge on any atom is -0.317 e. The molecule has 2 nitrogen and oxygen atoms in total. The van der Waals surface area contributed by atoms with Crippen LogP contribution in [0.3, 0.4) is 0 Å². The molecule has 0 unspecified atom stereocenters. The van der Waals surface area contributed by atoms with E-state index in [0.717, 1.165) is 41.4 Å². The van der Waals surface area contributed by atoms with E-state index in [0.29, 0.717) is 6.42 Å². The van der Waals surface area contributed by atoms with E-state index in [1.807, 2.05) is 23.9 Å². The number of carbonyl (C=O) groups excluding carboxylic acids is 1. The number of Topliss-reactive ketones (excluding diaryl/α,β-unsaturated/α-hetero) is 1. The first-order chi connectivity index (χ1) is 8.19. The lowest BCUT2D eigenvalue weighted by Gasteiger charge is -2.39. The normalized spacial score (nSPS) is 21.3. The molecule has 1 aromatic rings. The van der Waals surface area contributed by atoms with Crippen molar-refractivity contribution < 1.29 is 4.79 Å². The molecule has 0 amide bonds. The molecule has 1 spiro atoms. The number of ketones is 1. The Morgan fingerprint density at radius 1 is 1.28 bits per heavy atom. The standard InChI is InChI=1S/C13H14ClNOS.ClH/c14-9-1-2-10-11(16)8-13(17-12(10)7-9)3-5-15-6-4-13;/h1-2,7,15H,3-6,8H2;1H. The number of hydrogen-bond acceptors (Lipinski definition) is 3. The van der Waals surface area contributed by atoms with Gasteiger partial charge in [0.25, 0.3) is 0 Å². The molecule has 2 heterocycles. The van der Waals surface area contributed by atoms with Crippen LogP contribution in [0, 0.1) is 0 Å². The third-order valence-electron chi connectivity index (χ3n) is 3.57. The molecule has 2 aliphatic heterocycles. The Hall–Kier alpha value is -0.220. The lowest BCUT2D eigenvalue weighted by molar-refractivity contribution is 0.0955. The number of nitrogens with one attached hydrogen (secondary N) is 1. The second-order valence-corrected chi connectivity index (χ2v) is 6.72. The van der Waals surface area contributed by atoms with E-state index < -0.39 is 0 Å². The molecule has 5 heteroatoms. The predicted octanol–water partition coefficient (Wildman–Crippen LogP) is 3.56. The minimum absolute atomic E-state index is 0. The van der Waals surface area contributed by atoms with E-state index >= 15 is 0 Å². The molecule has 0 bridgehead atoms. The average molecular weight is 304 g/mol. The van der Waals surface area contributed by atoms with E-state index in [9.17, 15) is 4.79 Å². The minimum atomic E-state index is 0. The summed E-state index contributed by atoms with van der Waals surface area (Å²) in [6, 6.07) is 5.60. The second-order valence-electron chi connectivity index (χ2n) is 4.78. The molecule has 2 aliphatic rings. The second kappa shape index (κ2) is 5.41. The highest BCUT2D eigenvalue weighted by atomic mass is 35.5. The highest BCUT2D eigenvalue weighted by molar-refractivity contribution is 8.01. The van der Waals surface area contributed by atoms with E-state index in [4.69, 9.17) is 11.6 Å². The van der Waals surface area contributed by atoms with E-state index in [2.05, 4.69) is 5.32 Å². The summed E-state index contributed by atoms with van der Waals surface area (Å²) in [6.07, 6.45) is 2.80. The van der Waals surface area contributed by atoms with Crippen molar-refractivity contribution in [1.29, 1.82) is 0 Å². The smallest absolute Gasteiger partial charge is 0.165 e. The fourth-order valence-corrected chi connectivity index (χ4v) is 4.42. The molecule has 1 aromatic carbocycles. The van der Waals surface area contributed by atoms with Crippen LogP contribution in [0.4, 0.5) is 0 Å². The van der Waals surface area contributed by atoms with Gasteiger partial charge in [0.2, 0.25) is 0 Å². The summed E-state index contributed by atoms with van der Waals surface area (Å²) >= 11 is 7.87. The highest BCUT2D eigenvalue weighted by Gasteiger charge is 2.40. The maximum Gasteiger partial charge on any atom is 0.165 e. The van der Waals surface area contributed by atoms with Crippen LogP contribution in [0.5, 0.6) is 0 Å². The molecule has 1 fully saturated rings. The van der Waals surface area contributed by atoms with Crippen LogP contribution in [-0.4, -0.2) is 23.6 Å². The maximum atomic E-state index is 12.2. The van der Waals surface area contributed by atoms with Crippen molar-refractivity contribution in [2.24, 2.45) is 0 Å². The zero-order valence-electron chi connectivity index (χ0n) is 9.87. The van der Waals surface area contributed by atoms with Gasteiger partial charge in [-0.25, -0.2) is 0 Å². The largest absolute Gasteiger partial charge is 0.317 e. The van der Waals surface area contributed by atoms with Crippen LogP contribution in [0.25, 0.3) is 0 Å². The summed E-state index contributed by atoms with van der Waals surface area (Å²) in [7, 11) is 0. The van der Waals surface area contributed by atoms with Crippen molar-refractivity contribution in [3.63, 3.8) is 0 Å². The molecule has 98 valence electrons. The molecule has 3 rings (SSSR count).